The van der Waals surface area contributed by atoms with Gasteiger partial charge in [-0.2, -0.15) is 0 Å². The number of nitrogens with two attached hydrogens (primary N) is 1. The SMILES string of the molecule is CCOCCCN=C(NN)N(C)CCS(C)(=O)=O. The van der Waals surface area contributed by atoms with Gasteiger partial charge >= 0.3 is 0 Å². The van der Waals surface area contributed by atoms with Crippen LogP contribution in [0.4, 0.5) is 0 Å². The van der Waals surface area contributed by atoms with Gasteiger partial charge in [-0.15, -0.1) is 0 Å². The van der Waals surface area contributed by atoms with E-state index in [4.69, 9.17) is 10.6 Å². The van der Waals surface area contributed by atoms with E-state index in [0.29, 0.717) is 32.3 Å². The van der Waals surface area contributed by atoms with Gasteiger partial charge in [0, 0.05) is 39.6 Å². The van der Waals surface area contributed by atoms with Gasteiger partial charge in [0.05, 0.1) is 5.75 Å². The Hall–Kier alpha value is -0.860. The highest BCUT2D eigenvalue weighted by Crippen LogP contribution is 1.91. The standard InChI is InChI=1S/C10H24N4O3S/c1-4-17-8-5-6-12-10(13-11)14(2)7-9-18(3,15)16/h4-9,11H2,1-3H3,(H,12,13). The zero-order valence-corrected chi connectivity index (χ0v) is 12.2. The van der Waals surface area contributed by atoms with Crippen molar-refractivity contribution in [3.8, 4) is 0 Å². The van der Waals surface area contributed by atoms with Crippen LogP contribution in [0.1, 0.15) is 13.3 Å². The van der Waals surface area contributed by atoms with Crippen LogP contribution in [0.25, 0.3) is 0 Å². The minimum Gasteiger partial charge on any atom is -0.382 e. The number of ether oxygens (including phenoxy) is 1. The molecule has 0 aromatic heterocycles. The molecule has 0 saturated heterocycles. The van der Waals surface area contributed by atoms with E-state index in [1.54, 1.807) is 11.9 Å². The highest BCUT2D eigenvalue weighted by Gasteiger charge is 2.08. The summed E-state index contributed by atoms with van der Waals surface area (Å²) in [5.74, 6) is 5.90. The fraction of sp³-hybridized carbons (Fsp3) is 0.900. The second-order valence-corrected chi connectivity index (χ2v) is 6.21. The summed E-state index contributed by atoms with van der Waals surface area (Å²) >= 11 is 0. The maximum Gasteiger partial charge on any atom is 0.208 e. The first kappa shape index (κ1) is 17.1. The van der Waals surface area contributed by atoms with Crippen molar-refractivity contribution in [2.24, 2.45) is 10.8 Å². The van der Waals surface area contributed by atoms with Crippen LogP contribution in [0.15, 0.2) is 4.99 Å². The summed E-state index contributed by atoms with van der Waals surface area (Å²) in [7, 11) is -1.24. The van der Waals surface area contributed by atoms with Crippen molar-refractivity contribution in [3.63, 3.8) is 0 Å². The quantitative estimate of drug-likeness (QED) is 0.199. The van der Waals surface area contributed by atoms with Gasteiger partial charge in [-0.05, 0) is 13.3 Å². The van der Waals surface area contributed by atoms with Crippen molar-refractivity contribution < 1.29 is 13.2 Å². The topological polar surface area (TPSA) is 97.0 Å². The molecule has 0 aliphatic carbocycles. The lowest BCUT2D eigenvalue weighted by Gasteiger charge is -2.20. The number of aliphatic imine (C=N–C) groups is 1. The monoisotopic (exact) mass is 280 g/mol. The van der Waals surface area contributed by atoms with Crippen LogP contribution in [0.3, 0.4) is 0 Å². The average Bonchev–Trinajstić information content (AvgIpc) is 2.30. The van der Waals surface area contributed by atoms with Crippen molar-refractivity contribution in [2.45, 2.75) is 13.3 Å². The molecule has 0 aliphatic rings. The van der Waals surface area contributed by atoms with Crippen LogP contribution in [0.2, 0.25) is 0 Å². The molecule has 8 heteroatoms. The molecule has 0 spiro atoms. The minimum atomic E-state index is -2.98. The second kappa shape index (κ2) is 9.12. The molecule has 108 valence electrons. The van der Waals surface area contributed by atoms with E-state index in [1.807, 2.05) is 6.92 Å². The van der Waals surface area contributed by atoms with Crippen LogP contribution in [0.5, 0.6) is 0 Å². The summed E-state index contributed by atoms with van der Waals surface area (Å²) in [6.07, 6.45) is 2.01. The fourth-order valence-corrected chi connectivity index (χ4v) is 1.79. The molecule has 0 fully saturated rings. The highest BCUT2D eigenvalue weighted by atomic mass is 32.2. The lowest BCUT2D eigenvalue weighted by atomic mass is 10.4. The van der Waals surface area contributed by atoms with Crippen molar-refractivity contribution in [1.82, 2.24) is 10.3 Å². The summed E-state index contributed by atoms with van der Waals surface area (Å²) in [6.45, 7) is 4.23. The lowest BCUT2D eigenvalue weighted by Crippen LogP contribution is -2.44. The van der Waals surface area contributed by atoms with Crippen LogP contribution in [-0.2, 0) is 14.6 Å². The number of hydrogen-bond donors (Lipinski definition) is 2. The number of nitrogens with zero attached hydrogens (tertiary/aromatic N) is 2. The predicted octanol–water partition coefficient (Wildman–Crippen LogP) is -0.791. The van der Waals surface area contributed by atoms with E-state index in [2.05, 4.69) is 10.4 Å². The Labute approximate surface area is 109 Å². The summed E-state index contributed by atoms with van der Waals surface area (Å²) < 4.78 is 27.3. The molecule has 0 heterocycles. The Morgan fingerprint density at radius 3 is 2.67 bits per heavy atom. The summed E-state index contributed by atoms with van der Waals surface area (Å²) in [5.41, 5.74) is 2.47. The Morgan fingerprint density at radius 2 is 2.17 bits per heavy atom. The van der Waals surface area contributed by atoms with Gasteiger partial charge in [0.15, 0.2) is 0 Å². The molecule has 0 saturated carbocycles. The van der Waals surface area contributed by atoms with Crippen LogP contribution in [0, 0.1) is 0 Å². The largest absolute Gasteiger partial charge is 0.382 e. The minimum absolute atomic E-state index is 0.0726. The second-order valence-electron chi connectivity index (χ2n) is 3.95. The van der Waals surface area contributed by atoms with E-state index in [-0.39, 0.29) is 5.75 Å². The zero-order chi connectivity index (χ0) is 14.0. The third-order valence-electron chi connectivity index (χ3n) is 2.20. The van der Waals surface area contributed by atoms with Gasteiger partial charge in [-0.3, -0.25) is 10.4 Å². The van der Waals surface area contributed by atoms with Gasteiger partial charge in [-0.25, -0.2) is 14.3 Å². The predicted molar refractivity (Wildman–Crippen MR) is 73.1 cm³/mol. The summed E-state index contributed by atoms with van der Waals surface area (Å²) in [5, 5.41) is 0. The number of hydrazine groups is 1. The van der Waals surface area contributed by atoms with Crippen molar-refractivity contribution in [2.75, 3.05) is 45.4 Å². The third-order valence-corrected chi connectivity index (χ3v) is 3.12. The first-order valence-corrected chi connectivity index (χ1v) is 7.94. The van der Waals surface area contributed by atoms with Gasteiger partial charge in [0.1, 0.15) is 9.84 Å². The normalized spacial score (nSPS) is 12.6. The van der Waals surface area contributed by atoms with E-state index < -0.39 is 9.84 Å². The van der Waals surface area contributed by atoms with E-state index in [9.17, 15) is 8.42 Å². The molecule has 0 unspecified atom stereocenters. The first-order chi connectivity index (χ1) is 8.40. The van der Waals surface area contributed by atoms with Gasteiger partial charge in [0.25, 0.3) is 0 Å². The Kier molecular flexibility index (Phi) is 8.69. The first-order valence-electron chi connectivity index (χ1n) is 5.88. The lowest BCUT2D eigenvalue weighted by molar-refractivity contribution is 0.146. The number of sulfone groups is 1. The molecule has 0 atom stereocenters. The summed E-state index contributed by atoms with van der Waals surface area (Å²) in [4.78, 5) is 5.93. The average molecular weight is 280 g/mol. The number of nitrogens with one attached hydrogen (secondary N) is 1. The Bertz CT molecular complexity index is 343. The smallest absolute Gasteiger partial charge is 0.208 e. The molecular formula is C10H24N4O3S. The van der Waals surface area contributed by atoms with Gasteiger partial charge in [0.2, 0.25) is 5.96 Å². The molecule has 0 bridgehead atoms. The number of hydrogen-bond acceptors (Lipinski definition) is 5. The molecule has 0 aromatic rings. The van der Waals surface area contributed by atoms with Crippen molar-refractivity contribution in [1.29, 1.82) is 0 Å². The van der Waals surface area contributed by atoms with Crippen LogP contribution < -0.4 is 11.3 Å². The zero-order valence-electron chi connectivity index (χ0n) is 11.3. The molecular weight excluding hydrogens is 256 g/mol. The van der Waals surface area contributed by atoms with Gasteiger partial charge < -0.3 is 9.64 Å². The fourth-order valence-electron chi connectivity index (χ4n) is 1.18. The van der Waals surface area contributed by atoms with Crippen LogP contribution in [-0.4, -0.2) is 64.6 Å². The third kappa shape index (κ3) is 9.20. The molecule has 3 N–H and O–H groups in total. The molecule has 0 aliphatic heterocycles. The number of guanidine groups is 1. The highest BCUT2D eigenvalue weighted by molar-refractivity contribution is 7.90. The molecule has 0 amide bonds. The maximum atomic E-state index is 11.0. The summed E-state index contributed by atoms with van der Waals surface area (Å²) in [6, 6.07) is 0. The maximum absolute atomic E-state index is 11.0. The van der Waals surface area contributed by atoms with Gasteiger partial charge in [-0.1, -0.05) is 0 Å². The molecule has 7 nitrogen and oxygen atoms in total. The molecule has 0 radical (unpaired) electrons. The van der Waals surface area contributed by atoms with Crippen LogP contribution >= 0.6 is 0 Å². The Morgan fingerprint density at radius 1 is 1.50 bits per heavy atom. The molecule has 18 heavy (non-hydrogen) atoms. The Balaban J connectivity index is 4.09. The van der Waals surface area contributed by atoms with E-state index in [0.717, 1.165) is 6.42 Å². The van der Waals surface area contributed by atoms with E-state index >= 15 is 0 Å². The number of rotatable bonds is 8. The van der Waals surface area contributed by atoms with E-state index in [1.165, 1.54) is 6.26 Å². The van der Waals surface area contributed by atoms with Crippen molar-refractivity contribution >= 4 is 15.8 Å². The van der Waals surface area contributed by atoms with Crippen molar-refractivity contribution in [3.05, 3.63) is 0 Å². The molecule has 0 rings (SSSR count). The molecule has 0 aromatic carbocycles.